The van der Waals surface area contributed by atoms with Crippen LogP contribution in [0.1, 0.15) is 42.8 Å². The van der Waals surface area contributed by atoms with Crippen LogP contribution in [0.4, 0.5) is 0 Å². The van der Waals surface area contributed by atoms with Crippen molar-refractivity contribution >= 4 is 15.9 Å². The number of aromatic nitrogens is 3. The van der Waals surface area contributed by atoms with E-state index in [-0.39, 0.29) is 0 Å². The molecule has 0 spiro atoms. The van der Waals surface area contributed by atoms with Gasteiger partial charge in [0, 0.05) is 12.1 Å². The Morgan fingerprint density at radius 2 is 2.00 bits per heavy atom. The second-order valence-corrected chi connectivity index (χ2v) is 5.06. The van der Waals surface area contributed by atoms with Gasteiger partial charge in [0.25, 0.3) is 0 Å². The summed E-state index contributed by atoms with van der Waals surface area (Å²) in [5.41, 5.74) is 2.10. The van der Waals surface area contributed by atoms with E-state index in [1.807, 2.05) is 19.1 Å². The minimum Gasteiger partial charge on any atom is -0.425 e. The van der Waals surface area contributed by atoms with Gasteiger partial charge in [-0.2, -0.15) is 0 Å². The molecular weight excluding hydrogens is 294 g/mol. The maximum absolute atomic E-state index is 5.61. The number of rotatable bonds is 5. The molecule has 0 aromatic carbocycles. The molecule has 0 bridgehead atoms. The Morgan fingerprint density at radius 1 is 1.22 bits per heavy atom. The smallest absolute Gasteiger partial charge is 0.220 e. The summed E-state index contributed by atoms with van der Waals surface area (Å²) in [6.07, 6.45) is 3.72. The minimum atomic E-state index is 0.644. The number of nitrogens with zero attached hydrogens (tertiary/aromatic N) is 3. The molecule has 0 amide bonds. The van der Waals surface area contributed by atoms with Crippen molar-refractivity contribution in [2.75, 3.05) is 0 Å². The molecule has 0 saturated carbocycles. The molecule has 2 aromatic rings. The van der Waals surface area contributed by atoms with Gasteiger partial charge < -0.3 is 4.42 Å². The number of halogens is 1. The molecule has 0 saturated heterocycles. The highest BCUT2D eigenvalue weighted by Gasteiger charge is 2.09. The average Bonchev–Trinajstić information content (AvgIpc) is 2.78. The Morgan fingerprint density at radius 3 is 2.72 bits per heavy atom. The van der Waals surface area contributed by atoms with E-state index < -0.39 is 0 Å². The largest absolute Gasteiger partial charge is 0.425 e. The highest BCUT2D eigenvalue weighted by molar-refractivity contribution is 9.10. The van der Waals surface area contributed by atoms with Gasteiger partial charge in [0.1, 0.15) is 4.60 Å². The van der Waals surface area contributed by atoms with Gasteiger partial charge in [0.05, 0.1) is 6.42 Å². The molecule has 96 valence electrons. The average molecular weight is 310 g/mol. The first-order chi connectivity index (χ1) is 8.69. The first-order valence-electron chi connectivity index (χ1n) is 6.12. The molecule has 0 aliphatic rings. The fourth-order valence-corrected chi connectivity index (χ4v) is 2.10. The molecule has 2 rings (SSSR count). The third-order valence-corrected chi connectivity index (χ3v) is 3.20. The molecule has 0 radical (unpaired) electrons. The number of hydrogen-bond donors (Lipinski definition) is 0. The zero-order valence-corrected chi connectivity index (χ0v) is 12.2. The molecule has 5 heteroatoms. The number of aryl methyl sites for hydroxylation is 2. The second kappa shape index (κ2) is 6.09. The molecule has 0 N–H and O–H groups in total. The monoisotopic (exact) mass is 309 g/mol. The SMILES string of the molecule is CCCCc1nnc(Cc2ccc(Br)nc2C)o1. The lowest BCUT2D eigenvalue weighted by Gasteiger charge is -2.02. The maximum atomic E-state index is 5.61. The Balaban J connectivity index is 2.06. The van der Waals surface area contributed by atoms with E-state index in [4.69, 9.17) is 4.42 Å². The maximum Gasteiger partial charge on any atom is 0.220 e. The quantitative estimate of drug-likeness (QED) is 0.794. The Hall–Kier alpha value is -1.23. The van der Waals surface area contributed by atoms with Crippen molar-refractivity contribution in [2.24, 2.45) is 0 Å². The zero-order valence-electron chi connectivity index (χ0n) is 10.6. The number of unbranched alkanes of at least 4 members (excludes halogenated alkanes) is 1. The van der Waals surface area contributed by atoms with Crippen LogP contribution in [-0.4, -0.2) is 15.2 Å². The van der Waals surface area contributed by atoms with Crippen LogP contribution in [-0.2, 0) is 12.8 Å². The van der Waals surface area contributed by atoms with Crippen molar-refractivity contribution in [2.45, 2.75) is 39.5 Å². The topological polar surface area (TPSA) is 51.8 Å². The molecule has 2 aromatic heterocycles. The summed E-state index contributed by atoms with van der Waals surface area (Å²) >= 11 is 3.35. The van der Waals surface area contributed by atoms with Gasteiger partial charge >= 0.3 is 0 Å². The first kappa shape index (κ1) is 13.2. The first-order valence-corrected chi connectivity index (χ1v) is 6.91. The standard InChI is InChI=1S/C13H16BrN3O/c1-3-4-5-12-16-17-13(18-12)8-10-6-7-11(14)15-9(10)2/h6-7H,3-5,8H2,1-2H3. The van der Waals surface area contributed by atoms with E-state index in [2.05, 4.69) is 38.0 Å². The summed E-state index contributed by atoms with van der Waals surface area (Å²) in [4.78, 5) is 4.35. The van der Waals surface area contributed by atoms with Crippen LogP contribution in [0, 0.1) is 6.92 Å². The summed E-state index contributed by atoms with van der Waals surface area (Å²) in [5.74, 6) is 1.39. The lowest BCUT2D eigenvalue weighted by atomic mass is 10.1. The fourth-order valence-electron chi connectivity index (χ4n) is 1.70. The van der Waals surface area contributed by atoms with Gasteiger partial charge in [-0.05, 0) is 40.9 Å². The van der Waals surface area contributed by atoms with Crippen molar-refractivity contribution in [3.8, 4) is 0 Å². The summed E-state index contributed by atoms with van der Waals surface area (Å²) in [7, 11) is 0. The van der Waals surface area contributed by atoms with Crippen LogP contribution in [0.5, 0.6) is 0 Å². The van der Waals surface area contributed by atoms with Gasteiger partial charge in [-0.3, -0.25) is 0 Å². The molecule has 0 aliphatic carbocycles. The van der Waals surface area contributed by atoms with Gasteiger partial charge in [0.2, 0.25) is 11.8 Å². The van der Waals surface area contributed by atoms with E-state index in [0.717, 1.165) is 41.0 Å². The fraction of sp³-hybridized carbons (Fsp3) is 0.462. The van der Waals surface area contributed by atoms with Crippen LogP contribution < -0.4 is 0 Å². The van der Waals surface area contributed by atoms with Crippen molar-refractivity contribution < 1.29 is 4.42 Å². The van der Waals surface area contributed by atoms with Gasteiger partial charge in [-0.25, -0.2) is 4.98 Å². The van der Waals surface area contributed by atoms with Gasteiger partial charge in [-0.1, -0.05) is 19.4 Å². The summed E-state index contributed by atoms with van der Waals surface area (Å²) in [6, 6.07) is 3.96. The molecule has 4 nitrogen and oxygen atoms in total. The minimum absolute atomic E-state index is 0.644. The van der Waals surface area contributed by atoms with E-state index in [9.17, 15) is 0 Å². The van der Waals surface area contributed by atoms with Gasteiger partial charge in [0.15, 0.2) is 0 Å². The predicted octanol–water partition coefficient (Wildman–Crippen LogP) is 3.47. The number of hydrogen-bond acceptors (Lipinski definition) is 4. The lowest BCUT2D eigenvalue weighted by Crippen LogP contribution is -1.95. The van der Waals surface area contributed by atoms with Crippen LogP contribution in [0.2, 0.25) is 0 Å². The number of pyridine rings is 1. The van der Waals surface area contributed by atoms with E-state index in [0.29, 0.717) is 12.3 Å². The second-order valence-electron chi connectivity index (χ2n) is 4.25. The molecule has 0 unspecified atom stereocenters. The molecule has 0 atom stereocenters. The van der Waals surface area contributed by atoms with Crippen molar-refractivity contribution in [3.05, 3.63) is 39.8 Å². The summed E-state index contributed by atoms with van der Waals surface area (Å²) in [6.45, 7) is 4.13. The normalized spacial score (nSPS) is 10.8. The Kier molecular flexibility index (Phi) is 4.47. The lowest BCUT2D eigenvalue weighted by molar-refractivity contribution is 0.451. The zero-order chi connectivity index (χ0) is 13.0. The molecule has 0 fully saturated rings. The van der Waals surface area contributed by atoms with Crippen LogP contribution in [0.15, 0.2) is 21.2 Å². The van der Waals surface area contributed by atoms with Crippen molar-refractivity contribution in [1.82, 2.24) is 15.2 Å². The van der Waals surface area contributed by atoms with Crippen molar-refractivity contribution in [1.29, 1.82) is 0 Å². The predicted molar refractivity (Wildman–Crippen MR) is 72.4 cm³/mol. The molecule has 2 heterocycles. The highest BCUT2D eigenvalue weighted by Crippen LogP contribution is 2.15. The third-order valence-electron chi connectivity index (χ3n) is 2.76. The van der Waals surface area contributed by atoms with Crippen molar-refractivity contribution in [3.63, 3.8) is 0 Å². The Labute approximate surface area is 115 Å². The molecular formula is C13H16BrN3O. The van der Waals surface area contributed by atoms with Crippen LogP contribution in [0.25, 0.3) is 0 Å². The summed E-state index contributed by atoms with van der Waals surface area (Å²) in [5, 5.41) is 8.12. The molecule has 0 aliphatic heterocycles. The van der Waals surface area contributed by atoms with E-state index in [1.54, 1.807) is 0 Å². The highest BCUT2D eigenvalue weighted by atomic mass is 79.9. The van der Waals surface area contributed by atoms with E-state index in [1.165, 1.54) is 0 Å². The Bertz CT molecular complexity index is 525. The van der Waals surface area contributed by atoms with E-state index >= 15 is 0 Å². The van der Waals surface area contributed by atoms with Crippen LogP contribution in [0.3, 0.4) is 0 Å². The summed E-state index contributed by atoms with van der Waals surface area (Å²) < 4.78 is 6.46. The third kappa shape index (κ3) is 3.38. The van der Waals surface area contributed by atoms with Crippen LogP contribution >= 0.6 is 15.9 Å². The van der Waals surface area contributed by atoms with Gasteiger partial charge in [-0.15, -0.1) is 10.2 Å². The molecule has 18 heavy (non-hydrogen) atoms.